The highest BCUT2D eigenvalue weighted by Crippen LogP contribution is 2.24. The van der Waals surface area contributed by atoms with Crippen LogP contribution in [0.4, 0.5) is 5.69 Å². The van der Waals surface area contributed by atoms with Crippen molar-refractivity contribution in [1.82, 2.24) is 5.32 Å². The van der Waals surface area contributed by atoms with Gasteiger partial charge in [0.1, 0.15) is 5.75 Å². The van der Waals surface area contributed by atoms with Crippen molar-refractivity contribution in [3.05, 3.63) is 59.1 Å². The Bertz CT molecular complexity index is 774. The zero-order valence-electron chi connectivity index (χ0n) is 16.6. The second kappa shape index (κ2) is 9.80. The first-order valence-electron chi connectivity index (χ1n) is 9.83. The van der Waals surface area contributed by atoms with Crippen LogP contribution < -0.4 is 19.9 Å². The molecule has 2 aromatic rings. The molecule has 2 aromatic carbocycles. The first kappa shape index (κ1) is 20.5. The number of methoxy groups -OCH3 is 1. The van der Waals surface area contributed by atoms with Gasteiger partial charge < -0.3 is 19.9 Å². The largest absolute Gasteiger partial charge is 0.497 e. The minimum absolute atomic E-state index is 0.0516. The van der Waals surface area contributed by atoms with Gasteiger partial charge in [0.05, 0.1) is 44.0 Å². The SMILES string of the molecule is COc1ccc(CCNC(=O)[C@@H](C)[NH+]2CCN(c3ccccc3Cl)CC2)cc1. The van der Waals surface area contributed by atoms with E-state index in [0.717, 1.165) is 49.1 Å². The molecule has 1 amide bonds. The number of quaternary nitrogens is 1. The second-order valence-corrected chi connectivity index (χ2v) is 7.61. The van der Waals surface area contributed by atoms with E-state index in [2.05, 4.69) is 16.3 Å². The number of hydrogen-bond donors (Lipinski definition) is 2. The number of carbonyl (C=O) groups is 1. The number of para-hydroxylation sites is 1. The zero-order chi connectivity index (χ0) is 19.9. The van der Waals surface area contributed by atoms with E-state index in [4.69, 9.17) is 16.3 Å². The first-order chi connectivity index (χ1) is 13.6. The summed E-state index contributed by atoms with van der Waals surface area (Å²) >= 11 is 6.31. The number of nitrogens with one attached hydrogen (secondary N) is 2. The van der Waals surface area contributed by atoms with Crippen molar-refractivity contribution in [1.29, 1.82) is 0 Å². The molecular weight excluding hydrogens is 374 g/mol. The number of hydrogen-bond acceptors (Lipinski definition) is 3. The van der Waals surface area contributed by atoms with Crippen LogP contribution in [-0.2, 0) is 11.2 Å². The van der Waals surface area contributed by atoms with E-state index in [1.807, 2.05) is 49.4 Å². The maximum atomic E-state index is 12.6. The van der Waals surface area contributed by atoms with Gasteiger partial charge in [0.25, 0.3) is 5.91 Å². The van der Waals surface area contributed by atoms with Gasteiger partial charge in [0.2, 0.25) is 0 Å². The molecule has 150 valence electrons. The predicted molar refractivity (Wildman–Crippen MR) is 114 cm³/mol. The van der Waals surface area contributed by atoms with Crippen LogP contribution in [0.5, 0.6) is 5.75 Å². The molecule has 1 atom stereocenters. The molecule has 1 aliphatic heterocycles. The molecule has 0 unspecified atom stereocenters. The van der Waals surface area contributed by atoms with Crippen LogP contribution in [0.25, 0.3) is 0 Å². The van der Waals surface area contributed by atoms with E-state index < -0.39 is 0 Å². The molecule has 1 heterocycles. The van der Waals surface area contributed by atoms with Crippen molar-refractivity contribution < 1.29 is 14.4 Å². The van der Waals surface area contributed by atoms with Crippen molar-refractivity contribution in [3.63, 3.8) is 0 Å². The molecule has 1 fully saturated rings. The Hall–Kier alpha value is -2.24. The summed E-state index contributed by atoms with van der Waals surface area (Å²) in [5.41, 5.74) is 2.27. The summed E-state index contributed by atoms with van der Waals surface area (Å²) in [6.07, 6.45) is 0.818. The highest BCUT2D eigenvalue weighted by molar-refractivity contribution is 6.33. The maximum Gasteiger partial charge on any atom is 0.278 e. The molecule has 5 nitrogen and oxygen atoms in total. The van der Waals surface area contributed by atoms with Crippen molar-refractivity contribution >= 4 is 23.2 Å². The molecule has 0 bridgehead atoms. The van der Waals surface area contributed by atoms with Crippen molar-refractivity contribution in [2.24, 2.45) is 0 Å². The molecule has 28 heavy (non-hydrogen) atoms. The minimum atomic E-state index is -0.0516. The van der Waals surface area contributed by atoms with E-state index in [1.54, 1.807) is 7.11 Å². The minimum Gasteiger partial charge on any atom is -0.497 e. The van der Waals surface area contributed by atoms with Gasteiger partial charge >= 0.3 is 0 Å². The van der Waals surface area contributed by atoms with Crippen molar-refractivity contribution in [2.45, 2.75) is 19.4 Å². The fraction of sp³-hybridized carbons (Fsp3) is 0.409. The van der Waals surface area contributed by atoms with Gasteiger partial charge in [-0.2, -0.15) is 0 Å². The zero-order valence-corrected chi connectivity index (χ0v) is 17.3. The van der Waals surface area contributed by atoms with Crippen LogP contribution in [0.2, 0.25) is 5.02 Å². The molecule has 2 N–H and O–H groups in total. The van der Waals surface area contributed by atoms with Gasteiger partial charge in [-0.25, -0.2) is 0 Å². The Kier molecular flexibility index (Phi) is 7.18. The number of carbonyl (C=O) groups excluding carboxylic acids is 1. The Labute approximate surface area is 172 Å². The summed E-state index contributed by atoms with van der Waals surface area (Å²) in [6.45, 7) is 6.33. The molecule has 0 spiro atoms. The lowest BCUT2D eigenvalue weighted by molar-refractivity contribution is -0.914. The summed E-state index contributed by atoms with van der Waals surface area (Å²) in [6, 6.07) is 15.9. The molecule has 1 aliphatic rings. The summed E-state index contributed by atoms with van der Waals surface area (Å²) in [5.74, 6) is 0.968. The molecule has 0 radical (unpaired) electrons. The monoisotopic (exact) mass is 402 g/mol. The van der Waals surface area contributed by atoms with Gasteiger partial charge in [-0.15, -0.1) is 0 Å². The lowest BCUT2D eigenvalue weighted by atomic mass is 10.1. The maximum absolute atomic E-state index is 12.6. The standard InChI is InChI=1S/C22H28ClN3O2/c1-17(22(27)24-12-11-18-7-9-19(28-2)10-8-18)25-13-15-26(16-14-25)21-6-4-3-5-20(21)23/h3-10,17H,11-16H2,1-2H3,(H,24,27)/p+1/t17-/m1/s1. The number of rotatable bonds is 7. The van der Waals surface area contributed by atoms with Crippen molar-refractivity contribution in [2.75, 3.05) is 44.7 Å². The summed E-state index contributed by atoms with van der Waals surface area (Å²) < 4.78 is 5.17. The van der Waals surface area contributed by atoms with Crippen LogP contribution in [0, 0.1) is 0 Å². The average Bonchev–Trinajstić information content (AvgIpc) is 2.74. The summed E-state index contributed by atoms with van der Waals surface area (Å²) in [4.78, 5) is 16.2. The number of amides is 1. The van der Waals surface area contributed by atoms with Gasteiger partial charge in [0, 0.05) is 6.54 Å². The van der Waals surface area contributed by atoms with Crippen molar-refractivity contribution in [3.8, 4) is 5.75 Å². The van der Waals surface area contributed by atoms with Gasteiger partial charge in [-0.1, -0.05) is 35.9 Å². The molecule has 0 aliphatic carbocycles. The average molecular weight is 403 g/mol. The predicted octanol–water partition coefficient (Wildman–Crippen LogP) is 1.80. The normalized spacial score (nSPS) is 15.9. The Morgan fingerprint density at radius 2 is 1.86 bits per heavy atom. The fourth-order valence-electron chi connectivity index (χ4n) is 3.64. The molecule has 1 saturated heterocycles. The highest BCUT2D eigenvalue weighted by Gasteiger charge is 2.29. The number of anilines is 1. The summed E-state index contributed by atoms with van der Waals surface area (Å²) in [7, 11) is 1.66. The molecule has 3 rings (SSSR count). The van der Waals surface area contributed by atoms with E-state index in [9.17, 15) is 4.79 Å². The van der Waals surface area contributed by atoms with E-state index in [0.29, 0.717) is 6.54 Å². The Morgan fingerprint density at radius 3 is 2.50 bits per heavy atom. The van der Waals surface area contributed by atoms with E-state index >= 15 is 0 Å². The van der Waals surface area contributed by atoms with Gasteiger partial charge in [0.15, 0.2) is 6.04 Å². The van der Waals surface area contributed by atoms with Crippen LogP contribution in [0.15, 0.2) is 48.5 Å². The number of benzene rings is 2. The molecule has 0 saturated carbocycles. The number of nitrogens with zero attached hydrogens (tertiary/aromatic N) is 1. The van der Waals surface area contributed by atoms with Crippen LogP contribution in [-0.4, -0.2) is 51.8 Å². The Morgan fingerprint density at radius 1 is 1.18 bits per heavy atom. The number of ether oxygens (including phenoxy) is 1. The third-order valence-electron chi connectivity index (χ3n) is 5.48. The van der Waals surface area contributed by atoms with Gasteiger partial charge in [-0.05, 0) is 43.2 Å². The molecular formula is C22H29ClN3O2+. The third kappa shape index (κ3) is 5.18. The van der Waals surface area contributed by atoms with Crippen LogP contribution >= 0.6 is 11.6 Å². The lowest BCUT2D eigenvalue weighted by Gasteiger charge is -2.36. The summed E-state index contributed by atoms with van der Waals surface area (Å²) in [5, 5.41) is 3.87. The first-order valence-corrected chi connectivity index (χ1v) is 10.2. The second-order valence-electron chi connectivity index (χ2n) is 7.21. The van der Waals surface area contributed by atoms with Gasteiger partial charge in [-0.3, -0.25) is 4.79 Å². The van der Waals surface area contributed by atoms with E-state index in [1.165, 1.54) is 10.5 Å². The smallest absolute Gasteiger partial charge is 0.278 e. The van der Waals surface area contributed by atoms with Crippen LogP contribution in [0.1, 0.15) is 12.5 Å². The number of halogens is 1. The van der Waals surface area contributed by atoms with E-state index in [-0.39, 0.29) is 11.9 Å². The molecule has 0 aromatic heterocycles. The quantitative estimate of drug-likeness (QED) is 0.742. The highest BCUT2D eigenvalue weighted by atomic mass is 35.5. The third-order valence-corrected chi connectivity index (χ3v) is 5.80. The van der Waals surface area contributed by atoms with Crippen LogP contribution in [0.3, 0.4) is 0 Å². The number of piperazine rings is 1. The lowest BCUT2D eigenvalue weighted by Crippen LogP contribution is -3.19. The fourth-order valence-corrected chi connectivity index (χ4v) is 3.89. The Balaban J connectivity index is 1.43. The molecule has 6 heteroatoms. The topological polar surface area (TPSA) is 46.0 Å².